The number of nitrogens with one attached hydrogen (secondary N) is 1. The molecule has 0 bridgehead atoms. The molecule has 16 heavy (non-hydrogen) atoms. The quantitative estimate of drug-likeness (QED) is 0.503. The Balaban J connectivity index is 2.88. The average molecular weight is 228 g/mol. The van der Waals surface area contributed by atoms with Crippen molar-refractivity contribution in [2.75, 3.05) is 19.6 Å². The summed E-state index contributed by atoms with van der Waals surface area (Å²) in [6.45, 7) is 7.85. The Hall–Kier alpha value is -0.0800. The first-order valence-electron chi connectivity index (χ1n) is 7.18. The van der Waals surface area contributed by atoms with Gasteiger partial charge in [0.2, 0.25) is 0 Å². The molecular formula is C14H32N2. The third-order valence-corrected chi connectivity index (χ3v) is 2.94. The van der Waals surface area contributed by atoms with Gasteiger partial charge >= 0.3 is 0 Å². The highest BCUT2D eigenvalue weighted by Gasteiger charge is 1.94. The highest BCUT2D eigenvalue weighted by molar-refractivity contribution is 4.52. The van der Waals surface area contributed by atoms with Crippen LogP contribution in [0.5, 0.6) is 0 Å². The van der Waals surface area contributed by atoms with Crippen LogP contribution < -0.4 is 11.1 Å². The monoisotopic (exact) mass is 228 g/mol. The molecule has 3 N–H and O–H groups in total. The van der Waals surface area contributed by atoms with E-state index < -0.39 is 0 Å². The Morgan fingerprint density at radius 3 is 2.00 bits per heavy atom. The van der Waals surface area contributed by atoms with Crippen molar-refractivity contribution in [3.05, 3.63) is 0 Å². The molecule has 0 fully saturated rings. The minimum Gasteiger partial charge on any atom is -0.330 e. The lowest BCUT2D eigenvalue weighted by atomic mass is 10.1. The van der Waals surface area contributed by atoms with Crippen LogP contribution in [0, 0.1) is 5.92 Å². The fourth-order valence-corrected chi connectivity index (χ4v) is 1.86. The Labute approximate surface area is 102 Å². The number of unbranched alkanes of at least 4 members (excludes halogenated alkanes) is 5. The van der Waals surface area contributed by atoms with E-state index in [1.165, 1.54) is 64.5 Å². The zero-order chi connectivity index (χ0) is 12.1. The van der Waals surface area contributed by atoms with Gasteiger partial charge in [0.15, 0.2) is 0 Å². The zero-order valence-corrected chi connectivity index (χ0v) is 11.4. The molecule has 98 valence electrons. The molecular weight excluding hydrogens is 196 g/mol. The largest absolute Gasteiger partial charge is 0.330 e. The maximum atomic E-state index is 5.45. The third kappa shape index (κ3) is 13.9. The van der Waals surface area contributed by atoms with Gasteiger partial charge in [-0.25, -0.2) is 0 Å². The molecule has 0 unspecified atom stereocenters. The second kappa shape index (κ2) is 13.0. The molecule has 0 saturated heterocycles. The summed E-state index contributed by atoms with van der Waals surface area (Å²) in [7, 11) is 0. The van der Waals surface area contributed by atoms with E-state index >= 15 is 0 Å². The average Bonchev–Trinajstić information content (AvgIpc) is 2.25. The van der Waals surface area contributed by atoms with Gasteiger partial charge in [0.05, 0.1) is 0 Å². The predicted octanol–water partition coefficient (Wildman–Crippen LogP) is 3.31. The Bertz CT molecular complexity index is 124. The van der Waals surface area contributed by atoms with E-state index in [1.54, 1.807) is 0 Å². The van der Waals surface area contributed by atoms with Crippen LogP contribution in [0.1, 0.15) is 65.2 Å². The molecule has 0 atom stereocenters. The van der Waals surface area contributed by atoms with Crippen LogP contribution in [0.25, 0.3) is 0 Å². The third-order valence-electron chi connectivity index (χ3n) is 2.94. The molecule has 0 aromatic rings. The number of rotatable bonds is 12. The first-order valence-corrected chi connectivity index (χ1v) is 7.18. The van der Waals surface area contributed by atoms with Crippen LogP contribution in [-0.4, -0.2) is 19.6 Å². The number of hydrogen-bond donors (Lipinski definition) is 2. The summed E-state index contributed by atoms with van der Waals surface area (Å²) in [5.41, 5.74) is 5.45. The smallest absolute Gasteiger partial charge is 0.00488 e. The lowest BCUT2D eigenvalue weighted by molar-refractivity contribution is 0.514. The number of hydrogen-bond acceptors (Lipinski definition) is 2. The van der Waals surface area contributed by atoms with E-state index in [1.807, 2.05) is 0 Å². The summed E-state index contributed by atoms with van der Waals surface area (Å²) >= 11 is 0. The van der Waals surface area contributed by atoms with Gasteiger partial charge in [-0.15, -0.1) is 0 Å². The van der Waals surface area contributed by atoms with Gasteiger partial charge in [-0.2, -0.15) is 0 Å². The Morgan fingerprint density at radius 2 is 1.38 bits per heavy atom. The van der Waals surface area contributed by atoms with Crippen LogP contribution in [0.4, 0.5) is 0 Å². The lowest BCUT2D eigenvalue weighted by Crippen LogP contribution is -2.17. The van der Waals surface area contributed by atoms with Gasteiger partial charge in [0.25, 0.3) is 0 Å². The molecule has 0 aromatic heterocycles. The molecule has 0 saturated carbocycles. The molecule has 0 aromatic carbocycles. The minimum atomic E-state index is 0.851. The maximum Gasteiger partial charge on any atom is -0.00488 e. The zero-order valence-electron chi connectivity index (χ0n) is 11.4. The molecule has 0 aliphatic carbocycles. The lowest BCUT2D eigenvalue weighted by Gasteiger charge is -2.06. The van der Waals surface area contributed by atoms with E-state index in [0.29, 0.717) is 0 Å². The molecule has 0 aliphatic rings. The number of nitrogens with two attached hydrogens (primary N) is 1. The molecule has 0 heterocycles. The Morgan fingerprint density at radius 1 is 0.812 bits per heavy atom. The molecule has 2 heteroatoms. The molecule has 2 nitrogen and oxygen atoms in total. The van der Waals surface area contributed by atoms with E-state index in [9.17, 15) is 0 Å². The van der Waals surface area contributed by atoms with E-state index in [2.05, 4.69) is 19.2 Å². The van der Waals surface area contributed by atoms with E-state index in [-0.39, 0.29) is 0 Å². The summed E-state index contributed by atoms with van der Waals surface area (Å²) in [5.74, 6) is 0.851. The normalized spacial score (nSPS) is 11.2. The minimum absolute atomic E-state index is 0.851. The van der Waals surface area contributed by atoms with Crippen molar-refractivity contribution in [3.63, 3.8) is 0 Å². The fourth-order valence-electron chi connectivity index (χ4n) is 1.86. The first kappa shape index (κ1) is 15.9. The SMILES string of the molecule is CC(C)CCCNCCCCCCCCN. The molecule has 0 rings (SSSR count). The second-order valence-electron chi connectivity index (χ2n) is 5.20. The fraction of sp³-hybridized carbons (Fsp3) is 1.00. The van der Waals surface area contributed by atoms with Crippen LogP contribution in [0.2, 0.25) is 0 Å². The van der Waals surface area contributed by atoms with Crippen LogP contribution in [0.3, 0.4) is 0 Å². The summed E-state index contributed by atoms with van der Waals surface area (Å²) in [6.07, 6.45) is 10.7. The molecule has 0 aliphatic heterocycles. The predicted molar refractivity (Wildman–Crippen MR) is 73.7 cm³/mol. The van der Waals surface area contributed by atoms with Crippen molar-refractivity contribution in [2.24, 2.45) is 11.7 Å². The van der Waals surface area contributed by atoms with Crippen LogP contribution in [-0.2, 0) is 0 Å². The van der Waals surface area contributed by atoms with E-state index in [0.717, 1.165) is 12.5 Å². The summed E-state index contributed by atoms with van der Waals surface area (Å²) in [5, 5.41) is 3.52. The summed E-state index contributed by atoms with van der Waals surface area (Å²) in [4.78, 5) is 0. The topological polar surface area (TPSA) is 38.0 Å². The molecule has 0 amide bonds. The van der Waals surface area contributed by atoms with Crippen molar-refractivity contribution in [1.29, 1.82) is 0 Å². The standard InChI is InChI=1S/C14H32N2/c1-14(2)10-9-13-16-12-8-6-4-3-5-7-11-15/h14,16H,3-13,15H2,1-2H3. The van der Waals surface area contributed by atoms with Crippen molar-refractivity contribution >= 4 is 0 Å². The summed E-state index contributed by atoms with van der Waals surface area (Å²) < 4.78 is 0. The maximum absolute atomic E-state index is 5.45. The van der Waals surface area contributed by atoms with Gasteiger partial charge in [0.1, 0.15) is 0 Å². The van der Waals surface area contributed by atoms with Crippen LogP contribution >= 0.6 is 0 Å². The second-order valence-corrected chi connectivity index (χ2v) is 5.20. The van der Waals surface area contributed by atoms with Crippen molar-refractivity contribution in [3.8, 4) is 0 Å². The van der Waals surface area contributed by atoms with Gasteiger partial charge in [-0.1, -0.05) is 39.5 Å². The van der Waals surface area contributed by atoms with E-state index in [4.69, 9.17) is 5.73 Å². The van der Waals surface area contributed by atoms with Crippen molar-refractivity contribution in [1.82, 2.24) is 5.32 Å². The molecule has 0 radical (unpaired) electrons. The summed E-state index contributed by atoms with van der Waals surface area (Å²) in [6, 6.07) is 0. The van der Waals surface area contributed by atoms with Crippen molar-refractivity contribution < 1.29 is 0 Å². The van der Waals surface area contributed by atoms with Gasteiger partial charge in [-0.05, 0) is 51.2 Å². The van der Waals surface area contributed by atoms with Gasteiger partial charge in [0, 0.05) is 0 Å². The van der Waals surface area contributed by atoms with Crippen LogP contribution in [0.15, 0.2) is 0 Å². The van der Waals surface area contributed by atoms with Gasteiger partial charge < -0.3 is 11.1 Å². The molecule has 0 spiro atoms. The highest BCUT2D eigenvalue weighted by Crippen LogP contribution is 2.04. The van der Waals surface area contributed by atoms with Gasteiger partial charge in [-0.3, -0.25) is 0 Å². The van der Waals surface area contributed by atoms with Crippen molar-refractivity contribution in [2.45, 2.75) is 65.2 Å². The highest BCUT2D eigenvalue weighted by atomic mass is 14.8. The first-order chi connectivity index (χ1) is 7.77. The Kier molecular flexibility index (Phi) is 12.9.